The molecule has 0 radical (unpaired) electrons. The van der Waals surface area contributed by atoms with Crippen molar-refractivity contribution < 1.29 is 18.7 Å². The number of nitrogens with zero attached hydrogens (tertiary/aromatic N) is 2. The number of hydrogen-bond acceptors (Lipinski definition) is 4. The number of carbonyl (C=O) groups is 2. The van der Waals surface area contributed by atoms with Gasteiger partial charge in [0, 0.05) is 20.2 Å². The van der Waals surface area contributed by atoms with Gasteiger partial charge in [0.25, 0.3) is 5.91 Å². The van der Waals surface area contributed by atoms with Crippen molar-refractivity contribution in [1.29, 1.82) is 0 Å². The molecule has 1 aromatic heterocycles. The van der Waals surface area contributed by atoms with Gasteiger partial charge < -0.3 is 19.0 Å². The number of fused-ring (bicyclic) bond motifs is 4. The Bertz CT molecular complexity index is 705. The quantitative estimate of drug-likeness (QED) is 0.842. The van der Waals surface area contributed by atoms with Gasteiger partial charge in [-0.3, -0.25) is 9.59 Å². The summed E-state index contributed by atoms with van der Waals surface area (Å²) in [5.74, 6) is 0.643. The second-order valence-electron chi connectivity index (χ2n) is 8.28. The van der Waals surface area contributed by atoms with Crippen LogP contribution in [-0.4, -0.2) is 59.5 Å². The minimum absolute atomic E-state index is 0.0529. The molecule has 134 valence electrons. The first kappa shape index (κ1) is 15.4. The lowest BCUT2D eigenvalue weighted by molar-refractivity contribution is -0.144. The number of amides is 2. The topological polar surface area (TPSA) is 63.0 Å². The third-order valence-electron chi connectivity index (χ3n) is 7.16. The van der Waals surface area contributed by atoms with Gasteiger partial charge >= 0.3 is 0 Å². The number of carbonyl (C=O) groups excluding carboxylic acids is 2. The molecular weight excluding hydrogens is 320 g/mol. The van der Waals surface area contributed by atoms with E-state index in [1.807, 2.05) is 4.90 Å². The van der Waals surface area contributed by atoms with Crippen LogP contribution >= 0.6 is 0 Å². The molecule has 2 atom stereocenters. The molecule has 6 nitrogen and oxygen atoms in total. The Morgan fingerprint density at radius 2 is 1.88 bits per heavy atom. The monoisotopic (exact) mass is 344 g/mol. The average molecular weight is 344 g/mol. The lowest BCUT2D eigenvalue weighted by atomic mass is 9.82. The Morgan fingerprint density at radius 3 is 2.44 bits per heavy atom. The Morgan fingerprint density at radius 1 is 1.16 bits per heavy atom. The van der Waals surface area contributed by atoms with Crippen LogP contribution in [0.5, 0.6) is 0 Å². The molecule has 3 heterocycles. The number of methoxy groups -OCH3 is 1. The number of piperazine rings is 1. The molecule has 25 heavy (non-hydrogen) atoms. The summed E-state index contributed by atoms with van der Waals surface area (Å²) in [6, 6.07) is 3.72. The molecule has 0 N–H and O–H groups in total. The van der Waals surface area contributed by atoms with Crippen molar-refractivity contribution in [3.05, 3.63) is 24.2 Å². The minimum atomic E-state index is -0.212. The molecule has 2 saturated heterocycles. The number of ether oxygens (including phenoxy) is 1. The maximum atomic E-state index is 13.3. The van der Waals surface area contributed by atoms with Crippen molar-refractivity contribution in [3.8, 4) is 0 Å². The van der Waals surface area contributed by atoms with Crippen LogP contribution in [0.1, 0.15) is 49.1 Å². The fourth-order valence-corrected chi connectivity index (χ4v) is 5.73. The van der Waals surface area contributed by atoms with E-state index in [9.17, 15) is 9.59 Å². The summed E-state index contributed by atoms with van der Waals surface area (Å²) >= 11 is 0. The molecule has 1 aromatic rings. The van der Waals surface area contributed by atoms with Gasteiger partial charge in [-0.05, 0) is 50.7 Å². The normalized spacial score (nSPS) is 38.8. The Balaban J connectivity index is 1.30. The van der Waals surface area contributed by atoms with Crippen LogP contribution in [0.4, 0.5) is 0 Å². The molecule has 0 spiro atoms. The molecule has 2 amide bonds. The molecule has 4 aliphatic rings. The van der Waals surface area contributed by atoms with Gasteiger partial charge in [0.2, 0.25) is 5.91 Å². The molecule has 0 unspecified atom stereocenters. The van der Waals surface area contributed by atoms with Crippen LogP contribution < -0.4 is 0 Å². The van der Waals surface area contributed by atoms with E-state index in [0.717, 1.165) is 38.5 Å². The van der Waals surface area contributed by atoms with Crippen LogP contribution in [0.3, 0.4) is 0 Å². The van der Waals surface area contributed by atoms with E-state index in [-0.39, 0.29) is 29.0 Å². The van der Waals surface area contributed by atoms with E-state index in [4.69, 9.17) is 9.15 Å². The van der Waals surface area contributed by atoms with Crippen molar-refractivity contribution in [2.75, 3.05) is 20.2 Å². The smallest absolute Gasteiger partial charge is 0.289 e. The van der Waals surface area contributed by atoms with E-state index in [2.05, 4.69) is 4.90 Å². The summed E-state index contributed by atoms with van der Waals surface area (Å²) in [5.41, 5.74) is -0.272. The number of furan rings is 1. The average Bonchev–Trinajstić information content (AvgIpc) is 3.45. The number of likely N-dealkylation sites (tertiary alicyclic amines) is 2. The zero-order valence-corrected chi connectivity index (χ0v) is 14.6. The second kappa shape index (κ2) is 5.10. The standard InChI is InChI=1S/C19H24N2O4/c1-24-19-6-4-18(12-19,5-7-19)17(23)21-11-13-9-14(21)10-20(13)16(22)15-3-2-8-25-15/h2-3,8,13-14H,4-7,9-12H2,1H3/t13-,14-,18?,19?/m0/s1. The predicted molar refractivity (Wildman–Crippen MR) is 88.9 cm³/mol. The van der Waals surface area contributed by atoms with Crippen LogP contribution in [0, 0.1) is 5.41 Å². The Hall–Kier alpha value is -1.82. The summed E-state index contributed by atoms with van der Waals surface area (Å²) in [4.78, 5) is 29.8. The molecule has 6 heteroatoms. The van der Waals surface area contributed by atoms with Gasteiger partial charge in [-0.15, -0.1) is 0 Å². The largest absolute Gasteiger partial charge is 0.459 e. The van der Waals surface area contributed by atoms with E-state index in [1.54, 1.807) is 19.2 Å². The molecule has 4 bridgehead atoms. The van der Waals surface area contributed by atoms with Crippen LogP contribution in [0.25, 0.3) is 0 Å². The zero-order chi connectivity index (χ0) is 17.2. The summed E-state index contributed by atoms with van der Waals surface area (Å²) in [6.07, 6.45) is 7.19. The summed E-state index contributed by atoms with van der Waals surface area (Å²) < 4.78 is 11.0. The van der Waals surface area contributed by atoms with Crippen molar-refractivity contribution in [1.82, 2.24) is 9.80 Å². The molecular formula is C19H24N2O4. The number of rotatable bonds is 3. The molecule has 5 rings (SSSR count). The van der Waals surface area contributed by atoms with Gasteiger partial charge in [0.15, 0.2) is 5.76 Å². The third-order valence-corrected chi connectivity index (χ3v) is 7.16. The second-order valence-corrected chi connectivity index (χ2v) is 8.28. The SMILES string of the molecule is COC12CCC(C(=O)N3C[C@@H]4C[C@H]3CN4C(=O)c3ccco3)(CC1)C2. The molecule has 2 aliphatic heterocycles. The maximum Gasteiger partial charge on any atom is 0.289 e. The highest BCUT2D eigenvalue weighted by Gasteiger charge is 2.61. The highest BCUT2D eigenvalue weighted by atomic mass is 16.5. The van der Waals surface area contributed by atoms with Crippen LogP contribution in [-0.2, 0) is 9.53 Å². The van der Waals surface area contributed by atoms with E-state index >= 15 is 0 Å². The van der Waals surface area contributed by atoms with Crippen molar-refractivity contribution in [3.63, 3.8) is 0 Å². The van der Waals surface area contributed by atoms with Crippen molar-refractivity contribution in [2.45, 2.75) is 56.2 Å². The fourth-order valence-electron chi connectivity index (χ4n) is 5.73. The molecule has 2 aliphatic carbocycles. The first-order chi connectivity index (χ1) is 12.1. The summed E-state index contributed by atoms with van der Waals surface area (Å²) in [7, 11) is 1.78. The highest BCUT2D eigenvalue weighted by molar-refractivity contribution is 5.92. The van der Waals surface area contributed by atoms with Gasteiger partial charge in [-0.25, -0.2) is 0 Å². The molecule has 0 aromatic carbocycles. The first-order valence-electron chi connectivity index (χ1n) is 9.27. The highest BCUT2D eigenvalue weighted by Crippen LogP contribution is 2.59. The van der Waals surface area contributed by atoms with Crippen molar-refractivity contribution in [2.24, 2.45) is 5.41 Å². The minimum Gasteiger partial charge on any atom is -0.459 e. The van der Waals surface area contributed by atoms with E-state index in [1.165, 1.54) is 6.26 Å². The fraction of sp³-hybridized carbons (Fsp3) is 0.684. The maximum absolute atomic E-state index is 13.3. The lowest BCUT2D eigenvalue weighted by Gasteiger charge is -2.38. The molecule has 2 saturated carbocycles. The third kappa shape index (κ3) is 2.06. The Labute approximate surface area is 147 Å². The summed E-state index contributed by atoms with van der Waals surface area (Å²) in [6.45, 7) is 1.29. The number of hydrogen-bond donors (Lipinski definition) is 0. The Kier molecular flexibility index (Phi) is 3.15. The van der Waals surface area contributed by atoms with Gasteiger partial charge in [-0.2, -0.15) is 0 Å². The molecule has 4 fully saturated rings. The van der Waals surface area contributed by atoms with E-state index in [0.29, 0.717) is 24.8 Å². The van der Waals surface area contributed by atoms with Gasteiger partial charge in [0.05, 0.1) is 29.4 Å². The predicted octanol–water partition coefficient (Wildman–Crippen LogP) is 2.05. The summed E-state index contributed by atoms with van der Waals surface area (Å²) in [5, 5.41) is 0. The van der Waals surface area contributed by atoms with E-state index < -0.39 is 0 Å². The first-order valence-corrected chi connectivity index (χ1v) is 9.27. The van der Waals surface area contributed by atoms with Gasteiger partial charge in [0.1, 0.15) is 0 Å². The zero-order valence-electron chi connectivity index (χ0n) is 14.6. The van der Waals surface area contributed by atoms with Crippen molar-refractivity contribution >= 4 is 11.8 Å². The van der Waals surface area contributed by atoms with Crippen LogP contribution in [0.2, 0.25) is 0 Å². The lowest BCUT2D eigenvalue weighted by Crippen LogP contribution is -2.53. The van der Waals surface area contributed by atoms with Crippen LogP contribution in [0.15, 0.2) is 22.8 Å². The van der Waals surface area contributed by atoms with Gasteiger partial charge in [-0.1, -0.05) is 0 Å².